The van der Waals surface area contributed by atoms with Crippen LogP contribution in [0.5, 0.6) is 0 Å². The van der Waals surface area contributed by atoms with Crippen molar-refractivity contribution in [1.82, 2.24) is 20.4 Å². The Kier molecular flexibility index (Phi) is 11.2. The molecule has 0 spiro atoms. The third-order valence-electron chi connectivity index (χ3n) is 4.78. The summed E-state index contributed by atoms with van der Waals surface area (Å²) < 4.78 is 0. The molecule has 1 fully saturated rings. The van der Waals surface area contributed by atoms with Crippen molar-refractivity contribution in [1.29, 1.82) is 0 Å². The molecule has 1 aliphatic heterocycles. The number of hydrogen-bond donors (Lipinski definition) is 2. The molecule has 6 nitrogen and oxygen atoms in total. The Balaban J connectivity index is 0.00000364. The predicted molar refractivity (Wildman–Crippen MR) is 125 cm³/mol. The average Bonchev–Trinajstić information content (AvgIpc) is 3.33. The minimum Gasteiger partial charge on any atom is -0.354 e. The quantitative estimate of drug-likeness (QED) is 0.323. The number of nitrogens with one attached hydrogen (secondary N) is 2. The molecular weight excluding hydrogens is 473 g/mol. The standard InChI is InChI=1S/C19H33N5OS.HI/c1-5-15(2)22-19(21-14-18(25)23(3)4)20-13-16(17-9-8-12-26-17)24-10-6-7-11-24;/h8-9,12,15-16H,5-7,10-11,13-14H2,1-4H3,(H2,20,21,22);1H. The van der Waals surface area contributed by atoms with E-state index in [4.69, 9.17) is 0 Å². The Morgan fingerprint density at radius 1 is 1.37 bits per heavy atom. The molecule has 2 unspecified atom stereocenters. The first-order valence-electron chi connectivity index (χ1n) is 9.53. The summed E-state index contributed by atoms with van der Waals surface area (Å²) in [6.07, 6.45) is 3.54. The molecule has 8 heteroatoms. The van der Waals surface area contributed by atoms with Gasteiger partial charge in [-0.05, 0) is 50.7 Å². The number of carbonyl (C=O) groups is 1. The van der Waals surface area contributed by atoms with Gasteiger partial charge in [-0.2, -0.15) is 0 Å². The van der Waals surface area contributed by atoms with Crippen molar-refractivity contribution in [3.05, 3.63) is 22.4 Å². The van der Waals surface area contributed by atoms with Gasteiger partial charge in [0.1, 0.15) is 6.54 Å². The maximum atomic E-state index is 11.9. The fourth-order valence-electron chi connectivity index (χ4n) is 2.91. The lowest BCUT2D eigenvalue weighted by Gasteiger charge is -2.28. The maximum Gasteiger partial charge on any atom is 0.243 e. The zero-order valence-corrected chi connectivity index (χ0v) is 20.0. The first kappa shape index (κ1) is 24.2. The molecule has 0 aromatic carbocycles. The molecule has 0 aliphatic carbocycles. The van der Waals surface area contributed by atoms with Gasteiger partial charge in [0.15, 0.2) is 5.96 Å². The summed E-state index contributed by atoms with van der Waals surface area (Å²) in [7, 11) is 3.51. The Hall–Kier alpha value is -0.870. The fraction of sp³-hybridized carbons (Fsp3) is 0.684. The minimum atomic E-state index is 0. The van der Waals surface area contributed by atoms with Gasteiger partial charge < -0.3 is 15.5 Å². The van der Waals surface area contributed by atoms with E-state index < -0.39 is 0 Å². The Bertz CT molecular complexity index is 573. The topological polar surface area (TPSA) is 60.0 Å². The number of hydrogen-bond acceptors (Lipinski definition) is 4. The molecule has 27 heavy (non-hydrogen) atoms. The van der Waals surface area contributed by atoms with Crippen LogP contribution < -0.4 is 10.6 Å². The fourth-order valence-corrected chi connectivity index (χ4v) is 3.77. The highest BCUT2D eigenvalue weighted by molar-refractivity contribution is 14.0. The van der Waals surface area contributed by atoms with Crippen molar-refractivity contribution in [2.45, 2.75) is 45.2 Å². The van der Waals surface area contributed by atoms with Gasteiger partial charge in [0.2, 0.25) is 5.91 Å². The van der Waals surface area contributed by atoms with Crippen molar-refractivity contribution in [3.63, 3.8) is 0 Å². The highest BCUT2D eigenvalue weighted by Gasteiger charge is 2.24. The van der Waals surface area contributed by atoms with E-state index in [0.29, 0.717) is 12.1 Å². The number of likely N-dealkylation sites (tertiary alicyclic amines) is 1. The summed E-state index contributed by atoms with van der Waals surface area (Å²) >= 11 is 1.81. The maximum absolute atomic E-state index is 11.9. The number of likely N-dealkylation sites (N-methyl/N-ethyl adjacent to an activating group) is 1. The smallest absolute Gasteiger partial charge is 0.243 e. The SMILES string of the molecule is CCC(C)NC(=NCC(=O)N(C)C)NCC(c1cccs1)N1CCCC1.I. The van der Waals surface area contributed by atoms with Gasteiger partial charge in [-0.1, -0.05) is 13.0 Å². The molecule has 0 radical (unpaired) electrons. The zero-order chi connectivity index (χ0) is 18.9. The number of carbonyl (C=O) groups excluding carboxylic acids is 1. The van der Waals surface area contributed by atoms with Crippen LogP contribution in [-0.4, -0.2) is 68.0 Å². The van der Waals surface area contributed by atoms with E-state index >= 15 is 0 Å². The van der Waals surface area contributed by atoms with Crippen LogP contribution >= 0.6 is 35.3 Å². The van der Waals surface area contributed by atoms with E-state index in [1.54, 1.807) is 19.0 Å². The van der Waals surface area contributed by atoms with Gasteiger partial charge in [0.05, 0.1) is 6.04 Å². The number of thiophene rings is 1. The normalized spacial score (nSPS) is 17.1. The van der Waals surface area contributed by atoms with E-state index in [2.05, 4.69) is 51.9 Å². The van der Waals surface area contributed by atoms with Crippen molar-refractivity contribution in [2.75, 3.05) is 40.3 Å². The first-order chi connectivity index (χ1) is 12.5. The van der Waals surface area contributed by atoms with E-state index in [1.165, 1.54) is 17.7 Å². The van der Waals surface area contributed by atoms with Crippen molar-refractivity contribution >= 4 is 47.2 Å². The van der Waals surface area contributed by atoms with Crippen LogP contribution in [0.4, 0.5) is 0 Å². The van der Waals surface area contributed by atoms with Gasteiger partial charge in [-0.25, -0.2) is 4.99 Å². The largest absolute Gasteiger partial charge is 0.354 e. The summed E-state index contributed by atoms with van der Waals surface area (Å²) in [6, 6.07) is 4.99. The molecule has 1 aromatic heterocycles. The van der Waals surface area contributed by atoms with Gasteiger partial charge in [0.25, 0.3) is 0 Å². The van der Waals surface area contributed by atoms with Gasteiger partial charge in [-0.3, -0.25) is 9.69 Å². The monoisotopic (exact) mass is 507 g/mol. The second-order valence-corrected chi connectivity index (χ2v) is 8.04. The van der Waals surface area contributed by atoms with Gasteiger partial charge >= 0.3 is 0 Å². The molecule has 1 aliphatic rings. The summed E-state index contributed by atoms with van der Waals surface area (Å²) in [6.45, 7) is 7.51. The van der Waals surface area contributed by atoms with Crippen LogP contribution in [0.3, 0.4) is 0 Å². The van der Waals surface area contributed by atoms with Crippen LogP contribution in [0, 0.1) is 0 Å². The molecule has 1 amide bonds. The summed E-state index contributed by atoms with van der Waals surface area (Å²) in [5, 5.41) is 9.02. The van der Waals surface area contributed by atoms with Crippen LogP contribution in [0.1, 0.15) is 44.0 Å². The lowest BCUT2D eigenvalue weighted by molar-refractivity contribution is -0.127. The molecule has 1 saturated heterocycles. The molecule has 2 rings (SSSR count). The zero-order valence-electron chi connectivity index (χ0n) is 16.9. The lowest BCUT2D eigenvalue weighted by Crippen LogP contribution is -2.46. The molecular formula is C19H34IN5OS. The summed E-state index contributed by atoms with van der Waals surface area (Å²) in [5.41, 5.74) is 0. The van der Waals surface area contributed by atoms with Crippen LogP contribution in [0.2, 0.25) is 0 Å². The van der Waals surface area contributed by atoms with Crippen LogP contribution in [-0.2, 0) is 4.79 Å². The number of aliphatic imine (C=N–C) groups is 1. The second kappa shape index (κ2) is 12.6. The number of halogens is 1. The Labute approximate surface area is 184 Å². The minimum absolute atomic E-state index is 0. The van der Waals surface area contributed by atoms with Gasteiger partial charge in [-0.15, -0.1) is 35.3 Å². The van der Waals surface area contributed by atoms with Crippen LogP contribution in [0.25, 0.3) is 0 Å². The predicted octanol–water partition coefficient (Wildman–Crippen LogP) is 2.92. The third-order valence-corrected chi connectivity index (χ3v) is 5.76. The molecule has 0 bridgehead atoms. The first-order valence-corrected chi connectivity index (χ1v) is 10.4. The molecule has 2 heterocycles. The number of nitrogens with zero attached hydrogens (tertiary/aromatic N) is 3. The summed E-state index contributed by atoms with van der Waals surface area (Å²) in [5.74, 6) is 0.722. The van der Waals surface area contributed by atoms with Gasteiger partial charge in [0, 0.05) is 31.6 Å². The van der Waals surface area contributed by atoms with E-state index in [0.717, 1.165) is 32.0 Å². The van der Waals surface area contributed by atoms with Crippen molar-refractivity contribution in [3.8, 4) is 0 Å². The van der Waals surface area contributed by atoms with Crippen LogP contribution in [0.15, 0.2) is 22.5 Å². The molecule has 1 aromatic rings. The number of amides is 1. The van der Waals surface area contributed by atoms with E-state index in [9.17, 15) is 4.79 Å². The highest BCUT2D eigenvalue weighted by atomic mass is 127. The van der Waals surface area contributed by atoms with E-state index in [-0.39, 0.29) is 36.4 Å². The van der Waals surface area contributed by atoms with Crippen molar-refractivity contribution < 1.29 is 4.79 Å². The molecule has 2 N–H and O–H groups in total. The number of rotatable bonds is 8. The second-order valence-electron chi connectivity index (χ2n) is 7.06. The Morgan fingerprint density at radius 3 is 2.63 bits per heavy atom. The average molecular weight is 507 g/mol. The highest BCUT2D eigenvalue weighted by Crippen LogP contribution is 2.27. The molecule has 0 saturated carbocycles. The van der Waals surface area contributed by atoms with E-state index in [1.807, 2.05) is 11.3 Å². The molecule has 2 atom stereocenters. The Morgan fingerprint density at radius 2 is 2.07 bits per heavy atom. The number of guanidine groups is 1. The molecule has 154 valence electrons. The lowest BCUT2D eigenvalue weighted by atomic mass is 10.2. The third kappa shape index (κ3) is 7.95. The summed E-state index contributed by atoms with van der Waals surface area (Å²) in [4.78, 5) is 21.9. The van der Waals surface area contributed by atoms with Crippen molar-refractivity contribution in [2.24, 2.45) is 4.99 Å².